The number of thioether (sulfide) groups is 1. The summed E-state index contributed by atoms with van der Waals surface area (Å²) >= 11 is 3.41. The lowest BCUT2D eigenvalue weighted by Crippen LogP contribution is -2.05. The van der Waals surface area contributed by atoms with Gasteiger partial charge in [-0.05, 0) is 37.7 Å². The third-order valence-electron chi connectivity index (χ3n) is 3.65. The third kappa shape index (κ3) is 2.44. The van der Waals surface area contributed by atoms with Crippen LogP contribution in [0.25, 0.3) is 10.2 Å². The molecule has 3 rings (SSSR count). The molecule has 1 aliphatic rings. The van der Waals surface area contributed by atoms with Gasteiger partial charge in [-0.3, -0.25) is 0 Å². The van der Waals surface area contributed by atoms with E-state index in [1.165, 1.54) is 23.3 Å². The molecule has 2 heterocycles. The van der Waals surface area contributed by atoms with Crippen LogP contribution in [0.3, 0.4) is 0 Å². The van der Waals surface area contributed by atoms with Crippen molar-refractivity contribution in [2.24, 2.45) is 0 Å². The minimum atomic E-state index is 0.576. The Hall–Kier alpha value is -1.07. The molecule has 5 heteroatoms. The highest BCUT2D eigenvalue weighted by Gasteiger charge is 2.24. The molecule has 1 atom stereocenters. The minimum Gasteiger partial charge on any atom is -0.383 e. The molecule has 0 bridgehead atoms. The quantitative estimate of drug-likeness (QED) is 0.519. The fourth-order valence-corrected chi connectivity index (χ4v) is 4.84. The molecule has 0 aliphatic heterocycles. The maximum atomic E-state index is 6.21. The number of hydrogen-bond acceptors (Lipinski definition) is 5. The molecular weight excluding hydrogens is 286 g/mol. The molecule has 106 valence electrons. The highest BCUT2D eigenvalue weighted by Crippen LogP contribution is 2.43. The highest BCUT2D eigenvalue weighted by atomic mass is 32.2. The molecule has 0 radical (unpaired) electrons. The van der Waals surface area contributed by atoms with Gasteiger partial charge in [0.05, 0.1) is 5.39 Å². The van der Waals surface area contributed by atoms with Crippen molar-refractivity contribution in [3.8, 4) is 0 Å². The summed E-state index contributed by atoms with van der Waals surface area (Å²) in [7, 11) is 0. The van der Waals surface area contributed by atoms with Gasteiger partial charge < -0.3 is 5.73 Å². The Morgan fingerprint density at radius 3 is 3.05 bits per heavy atom. The van der Waals surface area contributed by atoms with Crippen molar-refractivity contribution in [1.82, 2.24) is 9.97 Å². The molecule has 0 spiro atoms. The van der Waals surface area contributed by atoms with Gasteiger partial charge in [-0.15, -0.1) is 11.3 Å². The Morgan fingerprint density at radius 1 is 1.50 bits per heavy atom. The number of hydrogen-bond donors (Lipinski definition) is 1. The Kier molecular flexibility index (Phi) is 3.73. The van der Waals surface area contributed by atoms with Gasteiger partial charge >= 0.3 is 0 Å². The van der Waals surface area contributed by atoms with Crippen LogP contribution in [0.1, 0.15) is 43.0 Å². The normalized spacial score (nSPS) is 18.2. The topological polar surface area (TPSA) is 51.8 Å². The van der Waals surface area contributed by atoms with Crippen molar-refractivity contribution in [2.75, 3.05) is 11.5 Å². The number of nitrogens with zero attached hydrogens (tertiary/aromatic N) is 2. The van der Waals surface area contributed by atoms with Crippen molar-refractivity contribution in [3.63, 3.8) is 0 Å². The fourth-order valence-electron chi connectivity index (χ4n) is 2.75. The number of thiophene rings is 1. The average molecular weight is 305 g/mol. The number of nitrogen functional groups attached to an aromatic ring is 1. The van der Waals surface area contributed by atoms with Crippen molar-refractivity contribution >= 4 is 39.1 Å². The van der Waals surface area contributed by atoms with E-state index in [1.807, 2.05) is 6.92 Å². The lowest BCUT2D eigenvalue weighted by Gasteiger charge is -2.18. The second-order valence-electron chi connectivity index (χ2n) is 5.55. The van der Waals surface area contributed by atoms with Crippen molar-refractivity contribution in [2.45, 2.75) is 44.2 Å². The second-order valence-corrected chi connectivity index (χ2v) is 7.58. The lowest BCUT2D eigenvalue weighted by molar-refractivity contribution is 0.602. The van der Waals surface area contributed by atoms with E-state index >= 15 is 0 Å². The monoisotopic (exact) mass is 305 g/mol. The summed E-state index contributed by atoms with van der Waals surface area (Å²) in [5, 5.41) is 1.88. The summed E-state index contributed by atoms with van der Waals surface area (Å²) in [5.41, 5.74) is 8.74. The molecular formula is C15H19N3S2. The van der Waals surface area contributed by atoms with E-state index in [4.69, 9.17) is 10.7 Å². The number of fused-ring (bicyclic) bond motifs is 3. The molecule has 0 fully saturated rings. The van der Waals surface area contributed by atoms with E-state index in [2.05, 4.69) is 18.5 Å². The Bertz CT molecular complexity index is 675. The molecule has 3 nitrogen and oxygen atoms in total. The van der Waals surface area contributed by atoms with E-state index < -0.39 is 0 Å². The summed E-state index contributed by atoms with van der Waals surface area (Å²) in [4.78, 5) is 11.7. The molecule has 0 saturated heterocycles. The predicted molar refractivity (Wildman–Crippen MR) is 88.7 cm³/mol. The number of nitrogens with two attached hydrogens (primary N) is 1. The molecule has 1 unspecified atom stereocenters. The molecule has 0 saturated carbocycles. The summed E-state index contributed by atoms with van der Waals surface area (Å²) in [6.07, 6.45) is 3.67. The summed E-state index contributed by atoms with van der Waals surface area (Å²) in [6.45, 7) is 8.21. The van der Waals surface area contributed by atoms with E-state index in [-0.39, 0.29) is 0 Å². The predicted octanol–water partition coefficient (Wildman–Crippen LogP) is 4.38. The third-order valence-corrected chi connectivity index (χ3v) is 5.89. The minimum absolute atomic E-state index is 0.576. The van der Waals surface area contributed by atoms with Gasteiger partial charge in [-0.2, -0.15) is 0 Å². The van der Waals surface area contributed by atoms with Crippen LogP contribution in [0.4, 0.5) is 5.82 Å². The van der Waals surface area contributed by atoms with Crippen molar-refractivity contribution < 1.29 is 0 Å². The molecule has 2 aromatic heterocycles. The fraction of sp³-hybridized carbons (Fsp3) is 0.467. The van der Waals surface area contributed by atoms with Gasteiger partial charge in [0.15, 0.2) is 5.16 Å². The zero-order valence-corrected chi connectivity index (χ0v) is 13.5. The number of anilines is 1. The van der Waals surface area contributed by atoms with Crippen LogP contribution in [0, 0.1) is 0 Å². The largest absolute Gasteiger partial charge is 0.383 e. The van der Waals surface area contributed by atoms with Crippen molar-refractivity contribution in [3.05, 3.63) is 22.6 Å². The van der Waals surface area contributed by atoms with E-state index in [1.54, 1.807) is 23.1 Å². The summed E-state index contributed by atoms with van der Waals surface area (Å²) in [6, 6.07) is 0. The van der Waals surface area contributed by atoms with Crippen LogP contribution in [0.5, 0.6) is 0 Å². The van der Waals surface area contributed by atoms with Crippen LogP contribution in [-0.4, -0.2) is 15.7 Å². The molecule has 1 aliphatic carbocycles. The standard InChI is InChI=1S/C15H19N3S2/c1-8(2)7-19-15-17-13(16)12-11-9(3)5-4-6-10(11)20-14(12)18-15/h9H,1,4-7H2,2-3H3,(H2,16,17,18). The van der Waals surface area contributed by atoms with E-state index in [9.17, 15) is 0 Å². The van der Waals surface area contributed by atoms with Crippen LogP contribution in [0.2, 0.25) is 0 Å². The van der Waals surface area contributed by atoms with Crippen molar-refractivity contribution in [1.29, 1.82) is 0 Å². The van der Waals surface area contributed by atoms with Gasteiger partial charge in [-0.1, -0.05) is 30.8 Å². The van der Waals surface area contributed by atoms with Gasteiger partial charge in [0, 0.05) is 10.6 Å². The van der Waals surface area contributed by atoms with E-state index in [0.717, 1.165) is 33.1 Å². The van der Waals surface area contributed by atoms with Gasteiger partial charge in [0.1, 0.15) is 10.6 Å². The van der Waals surface area contributed by atoms with Crippen LogP contribution >= 0.6 is 23.1 Å². The first-order valence-corrected chi connectivity index (χ1v) is 8.72. The Balaban J connectivity index is 2.07. The molecule has 2 aromatic rings. The molecule has 0 amide bonds. The average Bonchev–Trinajstić information content (AvgIpc) is 2.76. The van der Waals surface area contributed by atoms with Crippen LogP contribution in [0.15, 0.2) is 17.3 Å². The summed E-state index contributed by atoms with van der Waals surface area (Å²) < 4.78 is 0. The maximum absolute atomic E-state index is 6.21. The van der Waals surface area contributed by atoms with Gasteiger partial charge in [-0.25, -0.2) is 9.97 Å². The first-order chi connectivity index (χ1) is 9.56. The maximum Gasteiger partial charge on any atom is 0.191 e. The van der Waals surface area contributed by atoms with E-state index in [0.29, 0.717) is 11.7 Å². The number of aromatic nitrogens is 2. The molecule has 20 heavy (non-hydrogen) atoms. The Morgan fingerprint density at radius 2 is 2.30 bits per heavy atom. The molecule has 0 aromatic carbocycles. The SMILES string of the molecule is C=C(C)CSc1nc(N)c2c3c(sc2n1)CCCC3C. The Labute approximate surface area is 127 Å². The highest BCUT2D eigenvalue weighted by molar-refractivity contribution is 7.99. The zero-order chi connectivity index (χ0) is 14.3. The van der Waals surface area contributed by atoms with Crippen LogP contribution in [-0.2, 0) is 6.42 Å². The zero-order valence-electron chi connectivity index (χ0n) is 11.9. The van der Waals surface area contributed by atoms with Gasteiger partial charge in [0.2, 0.25) is 0 Å². The smallest absolute Gasteiger partial charge is 0.191 e. The van der Waals surface area contributed by atoms with Gasteiger partial charge in [0.25, 0.3) is 0 Å². The first-order valence-electron chi connectivity index (χ1n) is 6.92. The number of rotatable bonds is 3. The molecule has 2 N–H and O–H groups in total. The summed E-state index contributed by atoms with van der Waals surface area (Å²) in [5.74, 6) is 2.06. The lowest BCUT2D eigenvalue weighted by atomic mass is 9.87. The second kappa shape index (κ2) is 5.37. The first kappa shape index (κ1) is 13.9. The van der Waals surface area contributed by atoms with Crippen LogP contribution < -0.4 is 5.73 Å². The number of aryl methyl sites for hydroxylation is 1.